The van der Waals surface area contributed by atoms with Gasteiger partial charge in [0.25, 0.3) is 0 Å². The minimum absolute atomic E-state index is 0.0828. The summed E-state index contributed by atoms with van der Waals surface area (Å²) in [5.74, 6) is -0.608. The van der Waals surface area contributed by atoms with E-state index in [1.165, 1.54) is 0 Å². The summed E-state index contributed by atoms with van der Waals surface area (Å²) in [5.41, 5.74) is 0.699. The number of nitrogens with zero attached hydrogens (tertiary/aromatic N) is 3. The molecule has 0 N–H and O–H groups in total. The van der Waals surface area contributed by atoms with Crippen LogP contribution in [-0.4, -0.2) is 29.2 Å². The standard InChI is InChI=1S/C14H13ClF3N3/c15-13-19-11-4-2-1-3-10(11)12(20-13)21-7-5-9(6-8-21)14(16,17)18/h1-4,9H,5-8H2. The van der Waals surface area contributed by atoms with Crippen molar-refractivity contribution >= 4 is 28.3 Å². The number of hydrogen-bond acceptors (Lipinski definition) is 3. The van der Waals surface area contributed by atoms with Crippen LogP contribution < -0.4 is 4.90 Å². The van der Waals surface area contributed by atoms with Crippen LogP contribution in [0.2, 0.25) is 5.28 Å². The van der Waals surface area contributed by atoms with Crippen molar-refractivity contribution in [1.29, 1.82) is 0 Å². The zero-order valence-electron chi connectivity index (χ0n) is 11.1. The summed E-state index contributed by atoms with van der Waals surface area (Å²) >= 11 is 5.92. The Labute approximate surface area is 124 Å². The number of alkyl halides is 3. The van der Waals surface area contributed by atoms with Crippen LogP contribution in [0.4, 0.5) is 19.0 Å². The molecular weight excluding hydrogens is 303 g/mol. The molecule has 21 heavy (non-hydrogen) atoms. The second-order valence-electron chi connectivity index (χ2n) is 5.14. The van der Waals surface area contributed by atoms with Crippen LogP contribution in [0.25, 0.3) is 10.9 Å². The number of hydrogen-bond donors (Lipinski definition) is 0. The van der Waals surface area contributed by atoms with Crippen molar-refractivity contribution < 1.29 is 13.2 Å². The number of halogens is 4. The minimum Gasteiger partial charge on any atom is -0.356 e. The summed E-state index contributed by atoms with van der Waals surface area (Å²) in [7, 11) is 0. The number of anilines is 1. The largest absolute Gasteiger partial charge is 0.391 e. The zero-order valence-corrected chi connectivity index (χ0v) is 11.8. The van der Waals surface area contributed by atoms with E-state index in [-0.39, 0.29) is 18.1 Å². The Morgan fingerprint density at radius 1 is 1.10 bits per heavy atom. The lowest BCUT2D eigenvalue weighted by Crippen LogP contribution is -2.39. The molecule has 7 heteroatoms. The van der Waals surface area contributed by atoms with Gasteiger partial charge < -0.3 is 4.90 Å². The molecule has 0 saturated carbocycles. The van der Waals surface area contributed by atoms with Crippen LogP contribution in [0.1, 0.15) is 12.8 Å². The topological polar surface area (TPSA) is 29.0 Å². The Kier molecular flexibility index (Phi) is 3.65. The van der Waals surface area contributed by atoms with Crippen LogP contribution >= 0.6 is 11.6 Å². The molecular formula is C14H13ClF3N3. The predicted molar refractivity (Wildman–Crippen MR) is 75.5 cm³/mol. The first-order valence-electron chi connectivity index (χ1n) is 6.69. The van der Waals surface area contributed by atoms with Gasteiger partial charge in [-0.05, 0) is 36.6 Å². The molecule has 0 bridgehead atoms. The first-order chi connectivity index (χ1) is 9.95. The summed E-state index contributed by atoms with van der Waals surface area (Å²) in [6, 6.07) is 7.36. The fourth-order valence-corrected chi connectivity index (χ4v) is 2.86. The van der Waals surface area contributed by atoms with E-state index in [1.54, 1.807) is 0 Å². The van der Waals surface area contributed by atoms with Crippen molar-refractivity contribution in [3.05, 3.63) is 29.5 Å². The van der Waals surface area contributed by atoms with Gasteiger partial charge >= 0.3 is 6.18 Å². The molecule has 3 nitrogen and oxygen atoms in total. The van der Waals surface area contributed by atoms with Crippen molar-refractivity contribution in [3.63, 3.8) is 0 Å². The van der Waals surface area contributed by atoms with Gasteiger partial charge in [0, 0.05) is 18.5 Å². The Bertz CT molecular complexity index is 651. The lowest BCUT2D eigenvalue weighted by molar-refractivity contribution is -0.179. The van der Waals surface area contributed by atoms with Gasteiger partial charge in [-0.2, -0.15) is 18.2 Å². The van der Waals surface area contributed by atoms with Gasteiger partial charge in [0.1, 0.15) is 5.82 Å². The second-order valence-corrected chi connectivity index (χ2v) is 5.47. The maximum Gasteiger partial charge on any atom is 0.391 e. The Balaban J connectivity index is 1.89. The molecule has 1 saturated heterocycles. The Hall–Kier alpha value is -1.56. The maximum absolute atomic E-state index is 12.7. The summed E-state index contributed by atoms with van der Waals surface area (Å²) < 4.78 is 38.2. The van der Waals surface area contributed by atoms with Gasteiger partial charge in [0.05, 0.1) is 11.4 Å². The van der Waals surface area contributed by atoms with E-state index in [0.29, 0.717) is 24.4 Å². The third-order valence-electron chi connectivity index (χ3n) is 3.81. The Morgan fingerprint density at radius 3 is 2.43 bits per heavy atom. The highest BCUT2D eigenvalue weighted by atomic mass is 35.5. The maximum atomic E-state index is 12.7. The van der Waals surface area contributed by atoms with Crippen LogP contribution in [0.5, 0.6) is 0 Å². The van der Waals surface area contributed by atoms with Crippen molar-refractivity contribution in [1.82, 2.24) is 9.97 Å². The van der Waals surface area contributed by atoms with Gasteiger partial charge in [-0.3, -0.25) is 0 Å². The molecule has 1 aromatic heterocycles. The van der Waals surface area contributed by atoms with Crippen molar-refractivity contribution in [2.24, 2.45) is 5.92 Å². The zero-order chi connectivity index (χ0) is 15.0. The van der Waals surface area contributed by atoms with Crippen LogP contribution in [-0.2, 0) is 0 Å². The van der Waals surface area contributed by atoms with Gasteiger partial charge in [-0.1, -0.05) is 12.1 Å². The van der Waals surface area contributed by atoms with E-state index in [2.05, 4.69) is 9.97 Å². The molecule has 0 aliphatic carbocycles. The summed E-state index contributed by atoms with van der Waals surface area (Å²) in [4.78, 5) is 10.2. The first kappa shape index (κ1) is 14.4. The highest BCUT2D eigenvalue weighted by Crippen LogP contribution is 2.36. The van der Waals surface area contributed by atoms with E-state index in [9.17, 15) is 13.2 Å². The molecule has 3 rings (SSSR count). The molecule has 1 aliphatic heterocycles. The number of piperidine rings is 1. The number of rotatable bonds is 1. The van der Waals surface area contributed by atoms with Gasteiger partial charge in [0.15, 0.2) is 0 Å². The van der Waals surface area contributed by atoms with Crippen LogP contribution in [0.3, 0.4) is 0 Å². The average molecular weight is 316 g/mol. The fraction of sp³-hybridized carbons (Fsp3) is 0.429. The molecule has 2 aromatic rings. The predicted octanol–water partition coefficient (Wildman–Crippen LogP) is 4.06. The van der Waals surface area contributed by atoms with E-state index in [1.807, 2.05) is 29.2 Å². The molecule has 0 radical (unpaired) electrons. The smallest absolute Gasteiger partial charge is 0.356 e. The summed E-state index contributed by atoms with van der Waals surface area (Å²) in [6.07, 6.45) is -3.95. The number of para-hydroxylation sites is 1. The van der Waals surface area contributed by atoms with E-state index < -0.39 is 12.1 Å². The normalized spacial score (nSPS) is 17.4. The average Bonchev–Trinajstić information content (AvgIpc) is 2.45. The molecule has 112 valence electrons. The second kappa shape index (κ2) is 5.33. The van der Waals surface area contributed by atoms with Crippen molar-refractivity contribution in [3.8, 4) is 0 Å². The molecule has 2 heterocycles. The molecule has 1 fully saturated rings. The number of benzene rings is 1. The van der Waals surface area contributed by atoms with E-state index in [0.717, 1.165) is 5.39 Å². The Morgan fingerprint density at radius 2 is 1.76 bits per heavy atom. The van der Waals surface area contributed by atoms with Crippen molar-refractivity contribution in [2.75, 3.05) is 18.0 Å². The molecule has 1 aromatic carbocycles. The first-order valence-corrected chi connectivity index (χ1v) is 7.07. The monoisotopic (exact) mass is 315 g/mol. The molecule has 0 unspecified atom stereocenters. The molecule has 0 spiro atoms. The molecule has 1 aliphatic rings. The van der Waals surface area contributed by atoms with E-state index >= 15 is 0 Å². The highest BCUT2D eigenvalue weighted by molar-refractivity contribution is 6.28. The summed E-state index contributed by atoms with van der Waals surface area (Å²) in [6.45, 7) is 0.642. The SMILES string of the molecule is FC(F)(F)C1CCN(c2nc(Cl)nc3ccccc23)CC1. The third kappa shape index (κ3) is 2.90. The van der Waals surface area contributed by atoms with E-state index in [4.69, 9.17) is 11.6 Å². The van der Waals surface area contributed by atoms with Gasteiger partial charge in [-0.15, -0.1) is 0 Å². The van der Waals surface area contributed by atoms with Gasteiger partial charge in [0.2, 0.25) is 5.28 Å². The summed E-state index contributed by atoms with van der Waals surface area (Å²) in [5, 5.41) is 0.925. The minimum atomic E-state index is -4.11. The number of aromatic nitrogens is 2. The van der Waals surface area contributed by atoms with Crippen LogP contribution in [0, 0.1) is 5.92 Å². The quantitative estimate of drug-likeness (QED) is 0.743. The lowest BCUT2D eigenvalue weighted by Gasteiger charge is -2.34. The number of fused-ring (bicyclic) bond motifs is 1. The van der Waals surface area contributed by atoms with Crippen LogP contribution in [0.15, 0.2) is 24.3 Å². The fourth-order valence-electron chi connectivity index (χ4n) is 2.69. The molecule has 0 atom stereocenters. The highest BCUT2D eigenvalue weighted by Gasteiger charge is 2.41. The lowest BCUT2D eigenvalue weighted by atomic mass is 9.96. The third-order valence-corrected chi connectivity index (χ3v) is 3.98. The van der Waals surface area contributed by atoms with Crippen molar-refractivity contribution in [2.45, 2.75) is 19.0 Å². The van der Waals surface area contributed by atoms with Gasteiger partial charge in [-0.25, -0.2) is 4.98 Å². The molecule has 0 amide bonds.